The third-order valence-electron chi connectivity index (χ3n) is 4.02. The van der Waals surface area contributed by atoms with Crippen molar-refractivity contribution >= 4 is 11.6 Å². The van der Waals surface area contributed by atoms with E-state index in [0.29, 0.717) is 18.8 Å². The number of hydrogen-bond acceptors (Lipinski definition) is 2. The van der Waals surface area contributed by atoms with Crippen LogP contribution in [0.25, 0.3) is 0 Å². The average molecular weight is 334 g/mol. The number of primary amides is 1. The minimum absolute atomic E-state index is 0.0943. The van der Waals surface area contributed by atoms with Crippen LogP contribution in [0.3, 0.4) is 0 Å². The summed E-state index contributed by atoms with van der Waals surface area (Å²) in [5, 5.41) is 0. The molecule has 0 bridgehead atoms. The number of nitrogens with two attached hydrogens (primary N) is 1. The van der Waals surface area contributed by atoms with Crippen LogP contribution in [0.4, 0.5) is 10.1 Å². The number of rotatable bonds is 6. The molecule has 3 rings (SSSR count). The molecule has 0 aliphatic heterocycles. The van der Waals surface area contributed by atoms with Crippen molar-refractivity contribution < 1.29 is 9.18 Å². The van der Waals surface area contributed by atoms with Gasteiger partial charge in [0.05, 0.1) is 5.56 Å². The Kier molecular flexibility index (Phi) is 5.09. The lowest BCUT2D eigenvalue weighted by molar-refractivity contribution is 0.0996. The zero-order valence-electron chi connectivity index (χ0n) is 13.7. The summed E-state index contributed by atoms with van der Waals surface area (Å²) in [6.45, 7) is 1.26. The van der Waals surface area contributed by atoms with Gasteiger partial charge in [0.2, 0.25) is 0 Å². The van der Waals surface area contributed by atoms with Crippen molar-refractivity contribution in [3.05, 3.63) is 101 Å². The Labute approximate surface area is 146 Å². The van der Waals surface area contributed by atoms with Crippen LogP contribution < -0.4 is 10.6 Å². The van der Waals surface area contributed by atoms with E-state index in [9.17, 15) is 9.18 Å². The lowest BCUT2D eigenvalue weighted by Crippen LogP contribution is -2.23. The van der Waals surface area contributed by atoms with Gasteiger partial charge >= 0.3 is 0 Å². The van der Waals surface area contributed by atoms with Gasteiger partial charge in [-0.15, -0.1) is 0 Å². The summed E-state index contributed by atoms with van der Waals surface area (Å²) in [6, 6.07) is 24.5. The largest absolute Gasteiger partial charge is 0.366 e. The highest BCUT2D eigenvalue weighted by molar-refractivity contribution is 5.93. The normalized spacial score (nSPS) is 10.4. The highest BCUT2D eigenvalue weighted by Gasteiger charge is 2.13. The van der Waals surface area contributed by atoms with Gasteiger partial charge in [-0.1, -0.05) is 60.7 Å². The predicted octanol–water partition coefficient (Wildman–Crippen LogP) is 4.13. The maximum absolute atomic E-state index is 14.2. The molecule has 3 nitrogen and oxygen atoms in total. The maximum atomic E-state index is 14.2. The minimum Gasteiger partial charge on any atom is -0.366 e. The lowest BCUT2D eigenvalue weighted by atomic mass is 10.1. The van der Waals surface area contributed by atoms with Crippen LogP contribution >= 0.6 is 0 Å². The molecule has 0 aliphatic carbocycles. The van der Waals surface area contributed by atoms with Crippen LogP contribution in [-0.2, 0) is 13.1 Å². The molecule has 126 valence electrons. The molecule has 4 heteroatoms. The Morgan fingerprint density at radius 1 is 0.840 bits per heavy atom. The van der Waals surface area contributed by atoms with Crippen LogP contribution in [-0.4, -0.2) is 5.91 Å². The third kappa shape index (κ3) is 4.23. The van der Waals surface area contributed by atoms with Crippen molar-refractivity contribution in [2.24, 2.45) is 5.73 Å². The molecule has 0 atom stereocenters. The van der Waals surface area contributed by atoms with E-state index in [1.165, 1.54) is 12.1 Å². The second-order valence-electron chi connectivity index (χ2n) is 5.86. The Morgan fingerprint density at radius 3 is 1.80 bits per heavy atom. The van der Waals surface area contributed by atoms with Gasteiger partial charge in [0, 0.05) is 18.8 Å². The van der Waals surface area contributed by atoms with Gasteiger partial charge in [-0.05, 0) is 29.3 Å². The Morgan fingerprint density at radius 2 is 1.36 bits per heavy atom. The zero-order valence-corrected chi connectivity index (χ0v) is 13.7. The van der Waals surface area contributed by atoms with Gasteiger partial charge in [-0.3, -0.25) is 4.79 Å². The van der Waals surface area contributed by atoms with Gasteiger partial charge < -0.3 is 10.6 Å². The fourth-order valence-electron chi connectivity index (χ4n) is 2.75. The molecule has 1 amide bonds. The molecule has 0 aliphatic rings. The molecule has 2 N–H and O–H groups in total. The van der Waals surface area contributed by atoms with Gasteiger partial charge in [0.1, 0.15) is 5.82 Å². The fourth-order valence-corrected chi connectivity index (χ4v) is 2.75. The first-order valence-corrected chi connectivity index (χ1v) is 8.05. The molecule has 0 heterocycles. The van der Waals surface area contributed by atoms with Crippen LogP contribution in [0.2, 0.25) is 0 Å². The zero-order chi connectivity index (χ0) is 17.6. The molecule has 0 aromatic heterocycles. The van der Waals surface area contributed by atoms with Crippen LogP contribution in [0.1, 0.15) is 21.5 Å². The van der Waals surface area contributed by atoms with Crippen LogP contribution in [0, 0.1) is 5.82 Å². The highest BCUT2D eigenvalue weighted by atomic mass is 19.1. The summed E-state index contributed by atoms with van der Waals surface area (Å²) < 4.78 is 14.2. The summed E-state index contributed by atoms with van der Waals surface area (Å²) >= 11 is 0. The molecular formula is C21H19FN2O. The number of carbonyl (C=O) groups is 1. The van der Waals surface area contributed by atoms with E-state index in [4.69, 9.17) is 5.73 Å². The molecule has 0 saturated heterocycles. The third-order valence-corrected chi connectivity index (χ3v) is 4.02. The molecule has 0 fully saturated rings. The van der Waals surface area contributed by atoms with Gasteiger partial charge in [0.25, 0.3) is 5.91 Å². The summed E-state index contributed by atoms with van der Waals surface area (Å²) in [6.07, 6.45) is 0. The number of carbonyl (C=O) groups excluding carboxylic acids is 1. The molecule has 0 radical (unpaired) electrons. The van der Waals surface area contributed by atoms with Gasteiger partial charge in [-0.25, -0.2) is 4.39 Å². The number of anilines is 1. The number of benzene rings is 3. The standard InChI is InChI=1S/C21H19FN2O/c22-20-13-18(11-12-19(20)21(23)25)24(14-16-7-3-1-4-8-16)15-17-9-5-2-6-10-17/h1-13H,14-15H2,(H2,23,25). The van der Waals surface area contributed by atoms with Crippen molar-refractivity contribution in [3.8, 4) is 0 Å². The Hall–Kier alpha value is -3.14. The first kappa shape index (κ1) is 16.7. The van der Waals surface area contributed by atoms with Crippen molar-refractivity contribution in [2.75, 3.05) is 4.90 Å². The van der Waals surface area contributed by atoms with Crippen molar-refractivity contribution in [2.45, 2.75) is 13.1 Å². The van der Waals surface area contributed by atoms with Crippen LogP contribution in [0.15, 0.2) is 78.9 Å². The number of hydrogen-bond donors (Lipinski definition) is 1. The second-order valence-corrected chi connectivity index (χ2v) is 5.86. The van der Waals surface area contributed by atoms with Crippen molar-refractivity contribution in [1.29, 1.82) is 0 Å². The van der Waals surface area contributed by atoms with Crippen molar-refractivity contribution in [3.63, 3.8) is 0 Å². The van der Waals surface area contributed by atoms with E-state index in [0.717, 1.165) is 11.1 Å². The molecule has 0 unspecified atom stereocenters. The van der Waals surface area contributed by atoms with Crippen LogP contribution in [0.5, 0.6) is 0 Å². The van der Waals surface area contributed by atoms with E-state index in [1.807, 2.05) is 60.7 Å². The molecule has 0 saturated carbocycles. The Balaban J connectivity index is 1.92. The number of nitrogens with zero attached hydrogens (tertiary/aromatic N) is 1. The van der Waals surface area contributed by atoms with E-state index >= 15 is 0 Å². The minimum atomic E-state index is -0.762. The molecule has 3 aromatic carbocycles. The molecule has 0 spiro atoms. The van der Waals surface area contributed by atoms with E-state index < -0.39 is 11.7 Å². The molecule has 25 heavy (non-hydrogen) atoms. The highest BCUT2D eigenvalue weighted by Crippen LogP contribution is 2.23. The second kappa shape index (κ2) is 7.62. The smallest absolute Gasteiger partial charge is 0.251 e. The van der Waals surface area contributed by atoms with E-state index in [1.54, 1.807) is 6.07 Å². The summed E-state index contributed by atoms with van der Waals surface area (Å²) in [5.74, 6) is -1.36. The van der Waals surface area contributed by atoms with Gasteiger partial charge in [0.15, 0.2) is 0 Å². The van der Waals surface area contributed by atoms with E-state index in [2.05, 4.69) is 4.90 Å². The summed E-state index contributed by atoms with van der Waals surface area (Å²) in [4.78, 5) is 13.3. The maximum Gasteiger partial charge on any atom is 0.251 e. The van der Waals surface area contributed by atoms with Gasteiger partial charge in [-0.2, -0.15) is 0 Å². The topological polar surface area (TPSA) is 46.3 Å². The fraction of sp³-hybridized carbons (Fsp3) is 0.0952. The van der Waals surface area contributed by atoms with E-state index in [-0.39, 0.29) is 5.56 Å². The predicted molar refractivity (Wildman–Crippen MR) is 97.7 cm³/mol. The molecule has 3 aromatic rings. The summed E-state index contributed by atoms with van der Waals surface area (Å²) in [7, 11) is 0. The monoisotopic (exact) mass is 334 g/mol. The van der Waals surface area contributed by atoms with Crippen molar-refractivity contribution in [1.82, 2.24) is 0 Å². The SMILES string of the molecule is NC(=O)c1ccc(N(Cc2ccccc2)Cc2ccccc2)cc1F. The number of halogens is 1. The average Bonchev–Trinajstić information content (AvgIpc) is 2.62. The Bertz CT molecular complexity index is 809. The summed E-state index contributed by atoms with van der Waals surface area (Å²) in [5.41, 5.74) is 8.05. The first-order valence-electron chi connectivity index (χ1n) is 8.05. The lowest BCUT2D eigenvalue weighted by Gasteiger charge is -2.25. The first-order chi connectivity index (χ1) is 12.1. The quantitative estimate of drug-likeness (QED) is 0.737. The number of amides is 1. The molecular weight excluding hydrogens is 315 g/mol.